The molecule has 0 aliphatic heterocycles. The van der Waals surface area contributed by atoms with Crippen molar-refractivity contribution in [1.29, 1.82) is 0 Å². The van der Waals surface area contributed by atoms with Crippen LogP contribution >= 0.6 is 0 Å². The van der Waals surface area contributed by atoms with E-state index >= 15 is 0 Å². The first-order chi connectivity index (χ1) is 14.2. The monoisotopic (exact) mass is 395 g/mol. The number of ether oxygens (including phenoxy) is 1. The lowest BCUT2D eigenvalue weighted by Crippen LogP contribution is -2.28. The predicted octanol–water partition coefficient (Wildman–Crippen LogP) is 6.10. The van der Waals surface area contributed by atoms with Gasteiger partial charge in [0.25, 0.3) is 0 Å². The van der Waals surface area contributed by atoms with Crippen LogP contribution < -0.4 is 4.74 Å². The molecule has 1 atom stereocenters. The summed E-state index contributed by atoms with van der Waals surface area (Å²) in [5.41, 5.74) is 3.46. The molecule has 0 saturated carbocycles. The van der Waals surface area contributed by atoms with E-state index in [0.29, 0.717) is 6.42 Å². The average Bonchev–Trinajstić information content (AvgIpc) is 2.78. The van der Waals surface area contributed by atoms with Gasteiger partial charge in [0, 0.05) is 6.54 Å². The quantitative estimate of drug-likeness (QED) is 0.444. The molecule has 0 spiro atoms. The zero-order valence-electron chi connectivity index (χ0n) is 18.3. The van der Waals surface area contributed by atoms with Crippen molar-refractivity contribution < 1.29 is 9.84 Å². The Hall–Kier alpha value is -2.10. The standard InChI is InChI=1S/C26H37NO2/c1-4-6-19-27(20-7-5-2)21-24(22-11-9-8-10-12-22)15-18-26(28)23-13-16-25(29-3)17-14-23/h8-17,26,28H,4-7,18-21H2,1-3H3/b24-15+. The Labute approximate surface area is 177 Å². The molecule has 0 saturated heterocycles. The number of nitrogens with zero attached hydrogens (tertiary/aromatic N) is 1. The lowest BCUT2D eigenvalue weighted by atomic mass is 10.00. The minimum atomic E-state index is -0.514. The zero-order chi connectivity index (χ0) is 20.9. The van der Waals surface area contributed by atoms with Crippen LogP contribution in [0, 0.1) is 0 Å². The second-order valence-corrected chi connectivity index (χ2v) is 7.60. The lowest BCUT2D eigenvalue weighted by Gasteiger charge is -2.24. The summed E-state index contributed by atoms with van der Waals surface area (Å²) >= 11 is 0. The Morgan fingerprint density at radius 1 is 0.966 bits per heavy atom. The minimum absolute atomic E-state index is 0.514. The first-order valence-corrected chi connectivity index (χ1v) is 11.0. The van der Waals surface area contributed by atoms with Crippen molar-refractivity contribution in [3.63, 3.8) is 0 Å². The fraction of sp³-hybridized carbons (Fsp3) is 0.462. The van der Waals surface area contributed by atoms with Gasteiger partial charge < -0.3 is 9.84 Å². The van der Waals surface area contributed by atoms with Crippen molar-refractivity contribution in [2.45, 2.75) is 52.1 Å². The number of aliphatic hydroxyl groups is 1. The highest BCUT2D eigenvalue weighted by Crippen LogP contribution is 2.24. The van der Waals surface area contributed by atoms with Gasteiger partial charge >= 0.3 is 0 Å². The van der Waals surface area contributed by atoms with Crippen molar-refractivity contribution in [3.8, 4) is 5.75 Å². The molecule has 0 aliphatic rings. The maximum atomic E-state index is 10.7. The van der Waals surface area contributed by atoms with Gasteiger partial charge in [0.15, 0.2) is 0 Å². The third kappa shape index (κ3) is 8.04. The number of benzene rings is 2. The fourth-order valence-corrected chi connectivity index (χ4v) is 3.42. The van der Waals surface area contributed by atoms with Crippen molar-refractivity contribution >= 4 is 5.57 Å². The molecule has 158 valence electrons. The molecule has 0 radical (unpaired) electrons. The van der Waals surface area contributed by atoms with E-state index in [4.69, 9.17) is 4.74 Å². The van der Waals surface area contributed by atoms with Gasteiger partial charge in [0.2, 0.25) is 0 Å². The van der Waals surface area contributed by atoms with Crippen LogP contribution in [0.1, 0.15) is 63.2 Å². The van der Waals surface area contributed by atoms with E-state index in [1.807, 2.05) is 24.3 Å². The number of unbranched alkanes of at least 4 members (excludes halogenated alkanes) is 2. The lowest BCUT2D eigenvalue weighted by molar-refractivity contribution is 0.181. The highest BCUT2D eigenvalue weighted by molar-refractivity contribution is 5.67. The smallest absolute Gasteiger partial charge is 0.118 e. The Bertz CT molecular complexity index is 701. The van der Waals surface area contributed by atoms with Gasteiger partial charge in [-0.1, -0.05) is 75.2 Å². The van der Waals surface area contributed by atoms with E-state index in [-0.39, 0.29) is 0 Å². The Morgan fingerprint density at radius 2 is 1.59 bits per heavy atom. The normalized spacial score (nSPS) is 12.9. The summed E-state index contributed by atoms with van der Waals surface area (Å²) in [6, 6.07) is 18.3. The average molecular weight is 396 g/mol. The van der Waals surface area contributed by atoms with Crippen LogP contribution in [0.2, 0.25) is 0 Å². The summed E-state index contributed by atoms with van der Waals surface area (Å²) in [7, 11) is 1.66. The van der Waals surface area contributed by atoms with Crippen LogP contribution in [-0.4, -0.2) is 36.8 Å². The fourth-order valence-electron chi connectivity index (χ4n) is 3.42. The van der Waals surface area contributed by atoms with Gasteiger partial charge in [-0.15, -0.1) is 0 Å². The maximum Gasteiger partial charge on any atom is 0.118 e. The zero-order valence-corrected chi connectivity index (χ0v) is 18.3. The van der Waals surface area contributed by atoms with Gasteiger partial charge in [0.05, 0.1) is 13.2 Å². The van der Waals surface area contributed by atoms with Crippen LogP contribution in [0.5, 0.6) is 5.75 Å². The molecule has 0 aliphatic carbocycles. The molecule has 0 heterocycles. The van der Waals surface area contributed by atoms with E-state index in [1.54, 1.807) is 7.11 Å². The number of aliphatic hydroxyl groups excluding tert-OH is 1. The van der Waals surface area contributed by atoms with Gasteiger partial charge in [-0.25, -0.2) is 0 Å². The Morgan fingerprint density at radius 3 is 2.14 bits per heavy atom. The largest absolute Gasteiger partial charge is 0.497 e. The highest BCUT2D eigenvalue weighted by atomic mass is 16.5. The SMILES string of the molecule is CCCCN(CCCC)C/C(=C\CC(O)c1ccc(OC)cc1)c1ccccc1. The molecule has 1 N–H and O–H groups in total. The van der Waals surface area contributed by atoms with Crippen LogP contribution in [0.4, 0.5) is 0 Å². The van der Waals surface area contributed by atoms with Gasteiger partial charge in [0.1, 0.15) is 5.75 Å². The summed E-state index contributed by atoms with van der Waals surface area (Å²) < 4.78 is 5.21. The van der Waals surface area contributed by atoms with Crippen molar-refractivity contribution in [2.24, 2.45) is 0 Å². The van der Waals surface area contributed by atoms with Crippen LogP contribution in [0.3, 0.4) is 0 Å². The van der Waals surface area contributed by atoms with Gasteiger partial charge in [-0.05, 0) is 61.2 Å². The topological polar surface area (TPSA) is 32.7 Å². The first kappa shape index (κ1) is 23.2. The Kier molecular flexibility index (Phi) is 10.5. The second kappa shape index (κ2) is 13.2. The Balaban J connectivity index is 2.15. The third-order valence-electron chi connectivity index (χ3n) is 5.28. The molecule has 2 aromatic rings. The van der Waals surface area contributed by atoms with E-state index in [2.05, 4.69) is 55.2 Å². The minimum Gasteiger partial charge on any atom is -0.497 e. The van der Waals surface area contributed by atoms with E-state index in [1.165, 1.54) is 36.8 Å². The van der Waals surface area contributed by atoms with Crippen molar-refractivity contribution in [3.05, 3.63) is 71.8 Å². The molecule has 3 heteroatoms. The first-order valence-electron chi connectivity index (χ1n) is 11.0. The summed E-state index contributed by atoms with van der Waals surface area (Å²) in [5, 5.41) is 10.7. The maximum absolute atomic E-state index is 10.7. The van der Waals surface area contributed by atoms with Crippen LogP contribution in [0.15, 0.2) is 60.7 Å². The molecule has 0 amide bonds. The number of rotatable bonds is 13. The highest BCUT2D eigenvalue weighted by Gasteiger charge is 2.11. The van der Waals surface area contributed by atoms with Gasteiger partial charge in [-0.3, -0.25) is 4.90 Å². The summed E-state index contributed by atoms with van der Waals surface area (Å²) in [6.07, 6.45) is 7.17. The second-order valence-electron chi connectivity index (χ2n) is 7.60. The third-order valence-corrected chi connectivity index (χ3v) is 5.28. The van der Waals surface area contributed by atoms with Gasteiger partial charge in [-0.2, -0.15) is 0 Å². The van der Waals surface area contributed by atoms with Crippen molar-refractivity contribution in [1.82, 2.24) is 4.90 Å². The molecule has 1 unspecified atom stereocenters. The van der Waals surface area contributed by atoms with Crippen LogP contribution in [0.25, 0.3) is 5.57 Å². The van der Waals surface area contributed by atoms with Crippen LogP contribution in [-0.2, 0) is 0 Å². The summed E-state index contributed by atoms with van der Waals surface area (Å²) in [6.45, 7) is 7.68. The molecule has 0 bridgehead atoms. The summed E-state index contributed by atoms with van der Waals surface area (Å²) in [5.74, 6) is 0.809. The molecule has 0 aromatic heterocycles. The predicted molar refractivity (Wildman–Crippen MR) is 123 cm³/mol. The summed E-state index contributed by atoms with van der Waals surface area (Å²) in [4.78, 5) is 2.56. The molecular formula is C26H37NO2. The molecular weight excluding hydrogens is 358 g/mol. The molecule has 2 aromatic carbocycles. The molecule has 29 heavy (non-hydrogen) atoms. The number of methoxy groups -OCH3 is 1. The number of hydrogen-bond donors (Lipinski definition) is 1. The molecule has 2 rings (SSSR count). The number of hydrogen-bond acceptors (Lipinski definition) is 3. The van der Waals surface area contributed by atoms with E-state index in [9.17, 15) is 5.11 Å². The van der Waals surface area contributed by atoms with E-state index < -0.39 is 6.10 Å². The molecule has 0 fully saturated rings. The van der Waals surface area contributed by atoms with E-state index in [0.717, 1.165) is 30.9 Å². The van der Waals surface area contributed by atoms with Crippen molar-refractivity contribution in [2.75, 3.05) is 26.7 Å². The molecule has 3 nitrogen and oxygen atoms in total.